The number of rotatable bonds is 6. The Morgan fingerprint density at radius 3 is 2.54 bits per heavy atom. The molecule has 2 aromatic carbocycles. The molecule has 4 aromatic rings. The highest BCUT2D eigenvalue weighted by Gasteiger charge is 2.39. The van der Waals surface area contributed by atoms with E-state index in [0.717, 1.165) is 11.8 Å². The van der Waals surface area contributed by atoms with Gasteiger partial charge in [0.2, 0.25) is 0 Å². The van der Waals surface area contributed by atoms with Crippen LogP contribution in [0.15, 0.2) is 54.7 Å². The van der Waals surface area contributed by atoms with Crippen molar-refractivity contribution in [2.75, 3.05) is 39.1 Å². The predicted molar refractivity (Wildman–Crippen MR) is 147 cm³/mol. The monoisotopic (exact) mass is 568 g/mol. The van der Waals surface area contributed by atoms with Crippen molar-refractivity contribution in [2.45, 2.75) is 32.1 Å². The molecule has 1 amide bonds. The van der Waals surface area contributed by atoms with Crippen LogP contribution < -0.4 is 10.5 Å². The number of alkyl halides is 3. The van der Waals surface area contributed by atoms with Gasteiger partial charge in [-0.05, 0) is 55.8 Å². The van der Waals surface area contributed by atoms with Crippen LogP contribution in [0, 0.1) is 6.92 Å². The summed E-state index contributed by atoms with van der Waals surface area (Å²) in [6.07, 6.45) is -3.59. The van der Waals surface area contributed by atoms with Crippen molar-refractivity contribution >= 4 is 17.2 Å². The van der Waals surface area contributed by atoms with E-state index in [1.165, 1.54) is 14.0 Å². The highest BCUT2D eigenvalue weighted by molar-refractivity contribution is 6.00. The molecule has 0 bridgehead atoms. The first-order valence-electron chi connectivity index (χ1n) is 13.1. The molecule has 9 nitrogen and oxygen atoms in total. The number of methoxy groups -OCH3 is 1. The van der Waals surface area contributed by atoms with E-state index < -0.39 is 17.8 Å². The van der Waals surface area contributed by atoms with Gasteiger partial charge in [-0.3, -0.25) is 9.69 Å². The number of hydrogen-bond donors (Lipinski definition) is 2. The lowest BCUT2D eigenvalue weighted by atomic mass is 10.0. The number of carbonyl (C=O) groups excluding carboxylic acids is 1. The van der Waals surface area contributed by atoms with Crippen molar-refractivity contribution in [3.8, 4) is 17.0 Å². The first-order valence-corrected chi connectivity index (χ1v) is 13.1. The summed E-state index contributed by atoms with van der Waals surface area (Å²) in [5.74, 6) is 0.0952. The average Bonchev–Trinajstić information content (AvgIpc) is 3.35. The Morgan fingerprint density at radius 2 is 1.93 bits per heavy atom. The lowest BCUT2D eigenvalue weighted by Crippen LogP contribution is -2.55. The number of piperazine rings is 1. The minimum atomic E-state index is -4.74. The highest BCUT2D eigenvalue weighted by Crippen LogP contribution is 2.37. The van der Waals surface area contributed by atoms with Crippen molar-refractivity contribution in [1.29, 1.82) is 0 Å². The van der Waals surface area contributed by atoms with Crippen LogP contribution in [0.5, 0.6) is 5.75 Å². The van der Waals surface area contributed by atoms with Crippen LogP contribution in [0.3, 0.4) is 0 Å². The number of benzene rings is 2. The van der Waals surface area contributed by atoms with Gasteiger partial charge in [0, 0.05) is 42.5 Å². The second kappa shape index (κ2) is 11.0. The van der Waals surface area contributed by atoms with Gasteiger partial charge in [0.1, 0.15) is 11.3 Å². The van der Waals surface area contributed by atoms with Crippen LogP contribution in [0.1, 0.15) is 40.1 Å². The van der Waals surface area contributed by atoms with Crippen LogP contribution in [0.25, 0.3) is 16.9 Å². The third-order valence-corrected chi connectivity index (χ3v) is 7.58. The number of hydrogen-bond acceptors (Lipinski definition) is 7. The Morgan fingerprint density at radius 1 is 1.20 bits per heavy atom. The molecule has 0 aliphatic carbocycles. The zero-order valence-electron chi connectivity index (χ0n) is 22.9. The Balaban J connectivity index is 1.49. The van der Waals surface area contributed by atoms with Crippen LogP contribution in [-0.4, -0.2) is 74.8 Å². The van der Waals surface area contributed by atoms with E-state index >= 15 is 0 Å². The maximum absolute atomic E-state index is 14.3. The van der Waals surface area contributed by atoms with Gasteiger partial charge in [0.25, 0.3) is 5.91 Å². The molecule has 3 heterocycles. The maximum Gasteiger partial charge on any atom is 0.433 e. The summed E-state index contributed by atoms with van der Waals surface area (Å²) in [7, 11) is 1.50. The molecule has 0 unspecified atom stereocenters. The number of nitrogen functional groups attached to an aromatic ring is 1. The fraction of sp³-hybridized carbons (Fsp3) is 0.345. The minimum Gasteiger partial charge on any atom is -0.497 e. The molecule has 0 radical (unpaired) electrons. The summed E-state index contributed by atoms with van der Waals surface area (Å²) < 4.78 is 48.8. The number of nitrogens with two attached hydrogens (primary N) is 1. The van der Waals surface area contributed by atoms with Crippen LogP contribution in [0.4, 0.5) is 18.9 Å². The number of aliphatic hydroxyl groups is 1. The summed E-state index contributed by atoms with van der Waals surface area (Å²) in [6, 6.07) is 13.2. The Labute approximate surface area is 235 Å². The summed E-state index contributed by atoms with van der Waals surface area (Å²) in [4.78, 5) is 22.0. The Bertz CT molecular complexity index is 1570. The van der Waals surface area contributed by atoms with Gasteiger partial charge in [-0.2, -0.15) is 18.3 Å². The molecule has 216 valence electrons. The minimum absolute atomic E-state index is 0.0138. The van der Waals surface area contributed by atoms with E-state index in [1.807, 2.05) is 25.1 Å². The van der Waals surface area contributed by atoms with Gasteiger partial charge in [-0.25, -0.2) is 9.50 Å². The molecular formula is C29H31F3N6O3. The molecule has 0 saturated carbocycles. The van der Waals surface area contributed by atoms with Gasteiger partial charge in [-0.1, -0.05) is 12.1 Å². The first-order chi connectivity index (χ1) is 19.5. The van der Waals surface area contributed by atoms with E-state index in [2.05, 4.69) is 15.0 Å². The van der Waals surface area contributed by atoms with Crippen molar-refractivity contribution < 1.29 is 27.8 Å². The molecule has 1 fully saturated rings. The summed E-state index contributed by atoms with van der Waals surface area (Å²) in [5, 5.41) is 14.1. The molecule has 1 saturated heterocycles. The fourth-order valence-electron chi connectivity index (χ4n) is 5.51. The molecule has 41 heavy (non-hydrogen) atoms. The predicted octanol–water partition coefficient (Wildman–Crippen LogP) is 4.19. The highest BCUT2D eigenvalue weighted by atomic mass is 19.4. The number of fused-ring (bicyclic) bond motifs is 1. The fourth-order valence-corrected chi connectivity index (χ4v) is 5.51. The van der Waals surface area contributed by atoms with E-state index in [9.17, 15) is 23.1 Å². The summed E-state index contributed by atoms with van der Waals surface area (Å²) in [6.45, 7) is 4.28. The third kappa shape index (κ3) is 5.32. The number of carbonyl (C=O) groups is 1. The van der Waals surface area contributed by atoms with Crippen molar-refractivity contribution in [3.63, 3.8) is 0 Å². The second-order valence-electron chi connectivity index (χ2n) is 10.2. The van der Waals surface area contributed by atoms with Gasteiger partial charge in [0.05, 0.1) is 31.6 Å². The lowest BCUT2D eigenvalue weighted by Gasteiger charge is -2.43. The Kier molecular flexibility index (Phi) is 7.62. The number of anilines is 1. The SMILES string of the molecule is COc1ccc(-c2nc3c(C(=O)N4CCN([C@H](CO)c5cccc(N)c5)C[C@H]4C)cnn3c(C(F)(F)F)c2C)cc1. The van der Waals surface area contributed by atoms with Crippen molar-refractivity contribution in [3.05, 3.63) is 77.1 Å². The normalized spacial score (nSPS) is 17.1. The number of amides is 1. The van der Waals surface area contributed by atoms with E-state index in [-0.39, 0.29) is 41.2 Å². The molecule has 2 atom stereocenters. The van der Waals surface area contributed by atoms with Crippen LogP contribution >= 0.6 is 0 Å². The molecular weight excluding hydrogens is 537 g/mol. The summed E-state index contributed by atoms with van der Waals surface area (Å²) >= 11 is 0. The third-order valence-electron chi connectivity index (χ3n) is 7.58. The maximum atomic E-state index is 14.3. The number of aromatic nitrogens is 3. The van der Waals surface area contributed by atoms with E-state index in [4.69, 9.17) is 10.5 Å². The number of nitrogens with zero attached hydrogens (tertiary/aromatic N) is 5. The Hall–Kier alpha value is -4.16. The lowest BCUT2D eigenvalue weighted by molar-refractivity contribution is -0.143. The molecule has 3 N–H and O–H groups in total. The molecule has 1 aliphatic heterocycles. The average molecular weight is 569 g/mol. The number of ether oxygens (including phenoxy) is 1. The number of halogens is 3. The molecule has 2 aromatic heterocycles. The zero-order chi connectivity index (χ0) is 29.5. The molecule has 1 aliphatic rings. The largest absolute Gasteiger partial charge is 0.497 e. The molecule has 12 heteroatoms. The van der Waals surface area contributed by atoms with E-state index in [0.29, 0.717) is 41.2 Å². The first kappa shape index (κ1) is 28.4. The van der Waals surface area contributed by atoms with Crippen LogP contribution in [0.2, 0.25) is 0 Å². The van der Waals surface area contributed by atoms with Gasteiger partial charge in [-0.15, -0.1) is 0 Å². The zero-order valence-corrected chi connectivity index (χ0v) is 22.9. The topological polar surface area (TPSA) is 109 Å². The smallest absolute Gasteiger partial charge is 0.433 e. The van der Waals surface area contributed by atoms with Gasteiger partial charge < -0.3 is 20.5 Å². The number of aliphatic hydroxyl groups excluding tert-OH is 1. The van der Waals surface area contributed by atoms with Crippen molar-refractivity contribution in [2.24, 2.45) is 0 Å². The second-order valence-corrected chi connectivity index (χ2v) is 10.2. The van der Waals surface area contributed by atoms with Gasteiger partial charge in [0.15, 0.2) is 11.3 Å². The van der Waals surface area contributed by atoms with Crippen LogP contribution in [-0.2, 0) is 6.18 Å². The van der Waals surface area contributed by atoms with Crippen molar-refractivity contribution in [1.82, 2.24) is 24.4 Å². The van der Waals surface area contributed by atoms with E-state index in [1.54, 1.807) is 35.2 Å². The molecule has 0 spiro atoms. The van der Waals surface area contributed by atoms with Gasteiger partial charge >= 0.3 is 6.18 Å². The molecule has 5 rings (SSSR count). The standard InChI is InChI=1S/C29H31F3N6O3/c1-17-15-36(24(16-39)20-5-4-6-21(33)13-20)11-12-37(17)28(40)23-14-34-38-26(29(30,31)32)18(2)25(35-27(23)38)19-7-9-22(41-3)10-8-19/h4-10,13-14,17,24,39H,11-12,15-16,33H2,1-3H3/t17-,24-/m1/s1. The quantitative estimate of drug-likeness (QED) is 0.336. The summed E-state index contributed by atoms with van der Waals surface area (Å²) in [5.41, 5.74) is 6.68.